The largest absolute Gasteiger partial charge is 0.478 e. The number of aromatic carboxylic acids is 2. The van der Waals surface area contributed by atoms with Crippen molar-refractivity contribution in [3.8, 4) is 23.0 Å². The summed E-state index contributed by atoms with van der Waals surface area (Å²) < 4.78 is 0. The molecule has 7 nitrogen and oxygen atoms in total. The number of H-pyrrole nitrogens is 1. The zero-order valence-electron chi connectivity index (χ0n) is 14.1. The van der Waals surface area contributed by atoms with E-state index in [1.165, 1.54) is 12.1 Å². The number of nitrogens with one attached hydrogen (secondary N) is 1. The molecule has 0 saturated carbocycles. The molecule has 0 aliphatic carbocycles. The van der Waals surface area contributed by atoms with Crippen molar-refractivity contribution in [2.45, 2.75) is 26.2 Å². The second kappa shape index (κ2) is 8.03. The van der Waals surface area contributed by atoms with Crippen LogP contribution < -0.4 is 11.3 Å². The number of unbranched alkanes of at least 4 members (excludes halogenated alkanes) is 2. The van der Waals surface area contributed by atoms with E-state index in [-0.39, 0.29) is 11.1 Å². The zero-order valence-corrected chi connectivity index (χ0v) is 14.1. The second-order valence-corrected chi connectivity index (χ2v) is 5.59. The van der Waals surface area contributed by atoms with E-state index in [4.69, 9.17) is 5.73 Å². The van der Waals surface area contributed by atoms with Crippen LogP contribution in [0.2, 0.25) is 0 Å². The lowest BCUT2D eigenvalue weighted by Crippen LogP contribution is -2.24. The molecule has 1 aromatic heterocycles. The van der Waals surface area contributed by atoms with Gasteiger partial charge in [-0.1, -0.05) is 37.3 Å². The van der Waals surface area contributed by atoms with Crippen LogP contribution in [0.25, 0.3) is 11.1 Å². The van der Waals surface area contributed by atoms with E-state index >= 15 is 0 Å². The number of benzene rings is 1. The van der Waals surface area contributed by atoms with Crippen LogP contribution in [0.3, 0.4) is 0 Å². The first-order chi connectivity index (χ1) is 12.4. The van der Waals surface area contributed by atoms with Gasteiger partial charge in [-0.25, -0.2) is 9.59 Å². The van der Waals surface area contributed by atoms with E-state index in [2.05, 4.69) is 23.7 Å². The Labute approximate surface area is 149 Å². The molecule has 0 spiro atoms. The SMILES string of the molecule is CCCCC#Cc1ccc(-c2c(C(=O)O)c(N)[nH]c(=O)c2C(=O)O)cc1. The van der Waals surface area contributed by atoms with Crippen molar-refractivity contribution in [2.75, 3.05) is 5.73 Å². The van der Waals surface area contributed by atoms with Gasteiger partial charge in [0.05, 0.1) is 0 Å². The summed E-state index contributed by atoms with van der Waals surface area (Å²) in [7, 11) is 0. The third-order valence-corrected chi connectivity index (χ3v) is 3.73. The highest BCUT2D eigenvalue weighted by Crippen LogP contribution is 2.29. The number of carboxylic acid groups (broad SMARTS) is 2. The maximum Gasteiger partial charge on any atom is 0.342 e. The monoisotopic (exact) mass is 354 g/mol. The molecule has 0 amide bonds. The highest BCUT2D eigenvalue weighted by molar-refractivity contribution is 6.07. The summed E-state index contributed by atoms with van der Waals surface area (Å²) in [6.07, 6.45) is 2.82. The molecule has 1 aromatic carbocycles. The molecule has 26 heavy (non-hydrogen) atoms. The van der Waals surface area contributed by atoms with E-state index in [0.717, 1.165) is 19.3 Å². The number of pyridine rings is 1. The van der Waals surface area contributed by atoms with E-state index in [1.807, 2.05) is 0 Å². The Kier molecular flexibility index (Phi) is 5.81. The number of hydrogen-bond acceptors (Lipinski definition) is 4. The summed E-state index contributed by atoms with van der Waals surface area (Å²) in [5, 5.41) is 18.8. The summed E-state index contributed by atoms with van der Waals surface area (Å²) in [6.45, 7) is 2.07. The molecule has 2 rings (SSSR count). The fourth-order valence-corrected chi connectivity index (χ4v) is 2.49. The molecule has 0 atom stereocenters. The van der Waals surface area contributed by atoms with Crippen molar-refractivity contribution in [1.29, 1.82) is 0 Å². The lowest BCUT2D eigenvalue weighted by molar-refractivity contribution is 0.0695. The Morgan fingerprint density at radius 3 is 2.27 bits per heavy atom. The highest BCUT2D eigenvalue weighted by Gasteiger charge is 2.26. The Morgan fingerprint density at radius 1 is 1.12 bits per heavy atom. The predicted molar refractivity (Wildman–Crippen MR) is 97.2 cm³/mol. The Hall–Kier alpha value is -3.53. The van der Waals surface area contributed by atoms with Crippen molar-refractivity contribution in [3.63, 3.8) is 0 Å². The molecule has 5 N–H and O–H groups in total. The predicted octanol–water partition coefficient (Wildman–Crippen LogP) is 2.56. The van der Waals surface area contributed by atoms with Gasteiger partial charge in [0.1, 0.15) is 16.9 Å². The zero-order chi connectivity index (χ0) is 19.3. The van der Waals surface area contributed by atoms with Gasteiger partial charge in [-0.3, -0.25) is 4.79 Å². The number of aromatic amines is 1. The number of hydrogen-bond donors (Lipinski definition) is 4. The summed E-state index contributed by atoms with van der Waals surface area (Å²) in [6, 6.07) is 6.33. The maximum absolute atomic E-state index is 12.0. The Balaban J connectivity index is 2.60. The quantitative estimate of drug-likeness (QED) is 0.482. The fraction of sp³-hybridized carbons (Fsp3) is 0.211. The number of nitrogens with two attached hydrogens (primary N) is 1. The summed E-state index contributed by atoms with van der Waals surface area (Å²) in [4.78, 5) is 37.1. The minimum atomic E-state index is -1.54. The molecule has 134 valence electrons. The number of anilines is 1. The summed E-state index contributed by atoms with van der Waals surface area (Å²) in [5.41, 5.74) is 4.26. The van der Waals surface area contributed by atoms with E-state index < -0.39 is 34.4 Å². The van der Waals surface area contributed by atoms with Crippen molar-refractivity contribution in [3.05, 3.63) is 51.3 Å². The van der Waals surface area contributed by atoms with Crippen molar-refractivity contribution in [1.82, 2.24) is 4.98 Å². The van der Waals surface area contributed by atoms with Crippen LogP contribution in [0.5, 0.6) is 0 Å². The number of rotatable bonds is 5. The van der Waals surface area contributed by atoms with Gasteiger partial charge in [0, 0.05) is 17.5 Å². The van der Waals surface area contributed by atoms with E-state index in [1.54, 1.807) is 12.1 Å². The van der Waals surface area contributed by atoms with Crippen molar-refractivity contribution >= 4 is 17.8 Å². The average molecular weight is 354 g/mol. The van der Waals surface area contributed by atoms with Crippen LogP contribution >= 0.6 is 0 Å². The molecule has 0 aliphatic rings. The van der Waals surface area contributed by atoms with Gasteiger partial charge in [0.25, 0.3) is 5.56 Å². The first-order valence-corrected chi connectivity index (χ1v) is 7.98. The van der Waals surface area contributed by atoms with Crippen LogP contribution in [-0.4, -0.2) is 27.1 Å². The molecule has 0 unspecified atom stereocenters. The van der Waals surface area contributed by atoms with Gasteiger partial charge < -0.3 is 20.9 Å². The molecule has 2 aromatic rings. The third kappa shape index (κ3) is 3.92. The third-order valence-electron chi connectivity index (χ3n) is 3.73. The minimum absolute atomic E-state index is 0.225. The first-order valence-electron chi connectivity index (χ1n) is 7.98. The second-order valence-electron chi connectivity index (χ2n) is 5.59. The number of aromatic nitrogens is 1. The molecule has 1 heterocycles. The van der Waals surface area contributed by atoms with Crippen LogP contribution in [-0.2, 0) is 0 Å². The standard InChI is InChI=1S/C19H18N2O5/c1-2-3-4-5-6-11-7-9-12(10-8-11)13-14(18(23)24)16(20)21-17(22)15(13)19(25)26/h7-10H,2-4H2,1H3,(H,23,24)(H,25,26)(H3,20,21,22). The van der Waals surface area contributed by atoms with Crippen molar-refractivity contribution < 1.29 is 19.8 Å². The van der Waals surface area contributed by atoms with Gasteiger partial charge in [-0.15, -0.1) is 0 Å². The molecule has 0 fully saturated rings. The highest BCUT2D eigenvalue weighted by atomic mass is 16.4. The molecule has 0 saturated heterocycles. The topological polar surface area (TPSA) is 133 Å². The smallest absolute Gasteiger partial charge is 0.342 e. The van der Waals surface area contributed by atoms with E-state index in [9.17, 15) is 24.6 Å². The van der Waals surface area contributed by atoms with Crippen LogP contribution in [0.4, 0.5) is 5.82 Å². The molecular weight excluding hydrogens is 336 g/mol. The first kappa shape index (κ1) is 18.8. The normalized spacial score (nSPS) is 10.0. The van der Waals surface area contributed by atoms with Gasteiger partial charge in [0.15, 0.2) is 0 Å². The Bertz CT molecular complexity index is 962. The summed E-state index contributed by atoms with van der Waals surface area (Å²) >= 11 is 0. The lowest BCUT2D eigenvalue weighted by atomic mass is 9.95. The number of nitrogen functional groups attached to an aromatic ring is 1. The molecular formula is C19H18N2O5. The minimum Gasteiger partial charge on any atom is -0.478 e. The van der Waals surface area contributed by atoms with Gasteiger partial charge in [-0.05, 0) is 24.1 Å². The van der Waals surface area contributed by atoms with E-state index in [0.29, 0.717) is 5.56 Å². The molecule has 0 bridgehead atoms. The van der Waals surface area contributed by atoms with Gasteiger partial charge in [-0.2, -0.15) is 0 Å². The van der Waals surface area contributed by atoms with Crippen LogP contribution in [0.1, 0.15) is 52.5 Å². The fourth-order valence-electron chi connectivity index (χ4n) is 2.49. The number of carbonyl (C=O) groups is 2. The number of carboxylic acids is 2. The van der Waals surface area contributed by atoms with Crippen molar-refractivity contribution in [2.24, 2.45) is 0 Å². The molecule has 0 radical (unpaired) electrons. The Morgan fingerprint density at radius 2 is 1.73 bits per heavy atom. The molecule has 7 heteroatoms. The average Bonchev–Trinajstić information content (AvgIpc) is 2.57. The van der Waals surface area contributed by atoms with Crippen LogP contribution in [0.15, 0.2) is 29.1 Å². The van der Waals surface area contributed by atoms with Gasteiger partial charge in [0.2, 0.25) is 0 Å². The summed E-state index contributed by atoms with van der Waals surface area (Å²) in [5.74, 6) is 2.64. The van der Waals surface area contributed by atoms with Crippen LogP contribution in [0, 0.1) is 11.8 Å². The van der Waals surface area contributed by atoms with Gasteiger partial charge >= 0.3 is 11.9 Å². The maximum atomic E-state index is 12.0. The molecule has 0 aliphatic heterocycles. The lowest BCUT2D eigenvalue weighted by Gasteiger charge is -2.12.